The summed E-state index contributed by atoms with van der Waals surface area (Å²) in [6.45, 7) is 4.37. The Morgan fingerprint density at radius 1 is 1.60 bits per heavy atom. The van der Waals surface area contributed by atoms with Crippen LogP contribution in [0.3, 0.4) is 0 Å². The number of rotatable bonds is 3. The number of carbonyl (C=O) groups is 1. The molecule has 1 rings (SSSR count). The van der Waals surface area contributed by atoms with E-state index in [2.05, 4.69) is 0 Å². The van der Waals surface area contributed by atoms with Crippen molar-refractivity contribution in [3.8, 4) is 0 Å². The van der Waals surface area contributed by atoms with Crippen LogP contribution in [0.1, 0.15) is 39.5 Å². The molecule has 0 aromatic heterocycles. The predicted octanol–water partition coefficient (Wildman–Crippen LogP) is 1.77. The first-order valence-electron chi connectivity index (χ1n) is 5.70. The molecule has 0 radical (unpaired) electrons. The average Bonchev–Trinajstić information content (AvgIpc) is 2.27. The van der Waals surface area contributed by atoms with E-state index in [4.69, 9.17) is 11.6 Å². The lowest BCUT2D eigenvalue weighted by Gasteiger charge is -2.38. The van der Waals surface area contributed by atoms with E-state index in [0.29, 0.717) is 6.42 Å². The van der Waals surface area contributed by atoms with Crippen molar-refractivity contribution in [1.82, 2.24) is 4.90 Å². The second-order valence-corrected chi connectivity index (χ2v) is 4.74. The fourth-order valence-corrected chi connectivity index (χ4v) is 2.21. The molecule has 1 aliphatic heterocycles. The quantitative estimate of drug-likeness (QED) is 0.755. The molecule has 1 fully saturated rings. The van der Waals surface area contributed by atoms with Crippen molar-refractivity contribution in [3.63, 3.8) is 0 Å². The normalized spacial score (nSPS) is 26.1. The van der Waals surface area contributed by atoms with E-state index < -0.39 is 11.5 Å². The molecule has 1 saturated heterocycles. The summed E-state index contributed by atoms with van der Waals surface area (Å²) >= 11 is 5.95. The molecule has 0 unspecified atom stereocenters. The molecule has 0 aromatic rings. The largest absolute Gasteiger partial charge is 0.391 e. The minimum atomic E-state index is -0.463. The van der Waals surface area contributed by atoms with Crippen molar-refractivity contribution in [2.75, 3.05) is 6.54 Å². The van der Waals surface area contributed by atoms with Crippen LogP contribution in [0.5, 0.6) is 0 Å². The van der Waals surface area contributed by atoms with Gasteiger partial charge in [-0.15, -0.1) is 11.6 Å². The molecule has 0 saturated carbocycles. The van der Waals surface area contributed by atoms with E-state index in [1.807, 2.05) is 6.92 Å². The minimum absolute atomic E-state index is 0.0234. The number of carbonyl (C=O) groups excluding carboxylic acids is 1. The van der Waals surface area contributed by atoms with Gasteiger partial charge in [-0.2, -0.15) is 0 Å². The number of nitrogens with zero attached hydrogens (tertiary/aromatic N) is 1. The Morgan fingerprint density at radius 2 is 2.27 bits per heavy atom. The summed E-state index contributed by atoms with van der Waals surface area (Å²) in [7, 11) is 0. The third-order valence-electron chi connectivity index (χ3n) is 3.02. The molecule has 4 heteroatoms. The van der Waals surface area contributed by atoms with E-state index in [-0.39, 0.29) is 11.9 Å². The van der Waals surface area contributed by atoms with Gasteiger partial charge in [-0.1, -0.05) is 6.92 Å². The van der Waals surface area contributed by atoms with Gasteiger partial charge in [-0.3, -0.25) is 4.79 Å². The lowest BCUT2D eigenvalue weighted by Crippen LogP contribution is -2.51. The number of alkyl halides is 1. The fourth-order valence-electron chi connectivity index (χ4n) is 2.09. The maximum atomic E-state index is 11.9. The number of halogens is 1. The second kappa shape index (κ2) is 5.71. The third-order valence-corrected chi connectivity index (χ3v) is 3.51. The molecule has 1 aliphatic rings. The maximum Gasteiger partial charge on any atom is 0.240 e. The highest BCUT2D eigenvalue weighted by Crippen LogP contribution is 2.22. The van der Waals surface area contributed by atoms with Crippen molar-refractivity contribution >= 4 is 17.5 Å². The molecule has 0 bridgehead atoms. The molecule has 88 valence electrons. The van der Waals surface area contributed by atoms with Crippen molar-refractivity contribution < 1.29 is 9.90 Å². The Hall–Kier alpha value is -0.280. The van der Waals surface area contributed by atoms with Gasteiger partial charge in [0.2, 0.25) is 5.91 Å². The van der Waals surface area contributed by atoms with Crippen LogP contribution in [-0.2, 0) is 4.79 Å². The summed E-state index contributed by atoms with van der Waals surface area (Å²) in [5.41, 5.74) is 0. The van der Waals surface area contributed by atoms with Gasteiger partial charge in [0.15, 0.2) is 0 Å². The summed E-state index contributed by atoms with van der Waals surface area (Å²) < 4.78 is 0. The predicted molar refractivity (Wildman–Crippen MR) is 61.0 cm³/mol. The first kappa shape index (κ1) is 12.8. The zero-order chi connectivity index (χ0) is 11.4. The fraction of sp³-hybridized carbons (Fsp3) is 0.909. The van der Waals surface area contributed by atoms with Crippen LogP contribution in [0.2, 0.25) is 0 Å². The van der Waals surface area contributed by atoms with Crippen LogP contribution in [-0.4, -0.2) is 40.0 Å². The van der Waals surface area contributed by atoms with Gasteiger partial charge in [0.1, 0.15) is 5.38 Å². The van der Waals surface area contributed by atoms with Crippen molar-refractivity contribution in [1.29, 1.82) is 0 Å². The number of aliphatic hydroxyl groups is 1. The van der Waals surface area contributed by atoms with Gasteiger partial charge in [-0.05, 0) is 32.6 Å². The summed E-state index contributed by atoms with van der Waals surface area (Å²) in [6, 6.07) is -0.0425. The van der Waals surface area contributed by atoms with Crippen LogP contribution in [0.15, 0.2) is 0 Å². The molecule has 3 atom stereocenters. The number of aliphatic hydroxyl groups excluding tert-OH is 1. The lowest BCUT2D eigenvalue weighted by atomic mass is 9.97. The standard InChI is InChI=1S/C11H20ClNO2/c1-3-9(12)11(15)13-7-5-4-6-10(13)8(2)14/h8-10,14H,3-7H2,1-2H3/t8-,9+,10+/m1/s1. The summed E-state index contributed by atoms with van der Waals surface area (Å²) in [5, 5.41) is 9.17. The molecule has 1 N–H and O–H groups in total. The Morgan fingerprint density at radius 3 is 2.80 bits per heavy atom. The molecular weight excluding hydrogens is 214 g/mol. The maximum absolute atomic E-state index is 11.9. The van der Waals surface area contributed by atoms with Gasteiger partial charge >= 0.3 is 0 Å². The Bertz CT molecular complexity index is 221. The van der Waals surface area contributed by atoms with E-state index in [1.165, 1.54) is 0 Å². The third kappa shape index (κ3) is 3.08. The molecule has 1 amide bonds. The van der Waals surface area contributed by atoms with E-state index in [1.54, 1.807) is 11.8 Å². The monoisotopic (exact) mass is 233 g/mol. The van der Waals surface area contributed by atoms with E-state index in [9.17, 15) is 9.90 Å². The van der Waals surface area contributed by atoms with Gasteiger partial charge < -0.3 is 10.0 Å². The van der Waals surface area contributed by atoms with Crippen LogP contribution in [0.4, 0.5) is 0 Å². The molecule has 0 aliphatic carbocycles. The SMILES string of the molecule is CC[C@H](Cl)C(=O)N1CCCC[C@H]1[C@@H](C)O. The number of piperidine rings is 1. The van der Waals surface area contributed by atoms with Gasteiger partial charge in [0, 0.05) is 6.54 Å². The zero-order valence-corrected chi connectivity index (χ0v) is 10.2. The second-order valence-electron chi connectivity index (χ2n) is 4.21. The number of likely N-dealkylation sites (tertiary alicyclic amines) is 1. The first-order valence-corrected chi connectivity index (χ1v) is 6.14. The number of amides is 1. The Kier molecular flexibility index (Phi) is 4.87. The molecule has 0 spiro atoms. The highest BCUT2D eigenvalue weighted by Gasteiger charge is 2.32. The molecule has 15 heavy (non-hydrogen) atoms. The van der Waals surface area contributed by atoms with Crippen molar-refractivity contribution in [2.24, 2.45) is 0 Å². The highest BCUT2D eigenvalue weighted by molar-refractivity contribution is 6.30. The minimum Gasteiger partial charge on any atom is -0.391 e. The van der Waals surface area contributed by atoms with E-state index in [0.717, 1.165) is 25.8 Å². The first-order chi connectivity index (χ1) is 7.07. The average molecular weight is 234 g/mol. The smallest absolute Gasteiger partial charge is 0.240 e. The molecular formula is C11H20ClNO2. The number of hydrogen-bond donors (Lipinski definition) is 1. The molecule has 0 aromatic carbocycles. The molecule has 1 heterocycles. The topological polar surface area (TPSA) is 40.5 Å². The summed E-state index contributed by atoms with van der Waals surface area (Å²) in [5.74, 6) is -0.0234. The highest BCUT2D eigenvalue weighted by atomic mass is 35.5. The van der Waals surface area contributed by atoms with Crippen LogP contribution < -0.4 is 0 Å². The van der Waals surface area contributed by atoms with Crippen molar-refractivity contribution in [2.45, 2.75) is 57.1 Å². The Labute approximate surface area is 96.4 Å². The summed E-state index contributed by atoms with van der Waals surface area (Å²) in [6.07, 6.45) is 3.16. The van der Waals surface area contributed by atoms with E-state index >= 15 is 0 Å². The Balaban J connectivity index is 2.67. The van der Waals surface area contributed by atoms with Gasteiger partial charge in [0.05, 0.1) is 12.1 Å². The number of hydrogen-bond acceptors (Lipinski definition) is 2. The van der Waals surface area contributed by atoms with Crippen LogP contribution >= 0.6 is 11.6 Å². The zero-order valence-electron chi connectivity index (χ0n) is 9.45. The van der Waals surface area contributed by atoms with Crippen molar-refractivity contribution in [3.05, 3.63) is 0 Å². The van der Waals surface area contributed by atoms with Gasteiger partial charge in [0.25, 0.3) is 0 Å². The lowest BCUT2D eigenvalue weighted by molar-refractivity contribution is -0.137. The van der Waals surface area contributed by atoms with Crippen LogP contribution in [0.25, 0.3) is 0 Å². The molecule has 3 nitrogen and oxygen atoms in total. The summed E-state index contributed by atoms with van der Waals surface area (Å²) in [4.78, 5) is 13.7. The van der Waals surface area contributed by atoms with Crippen LogP contribution in [0, 0.1) is 0 Å². The van der Waals surface area contributed by atoms with Gasteiger partial charge in [-0.25, -0.2) is 0 Å².